The number of hydrogen-bond acceptors (Lipinski definition) is 4. The van der Waals surface area contributed by atoms with Crippen molar-refractivity contribution in [3.8, 4) is 0 Å². The van der Waals surface area contributed by atoms with Crippen LogP contribution in [0.4, 0.5) is 10.8 Å². The van der Waals surface area contributed by atoms with E-state index in [4.69, 9.17) is 0 Å². The molecule has 0 atom stereocenters. The molecule has 1 aliphatic heterocycles. The summed E-state index contributed by atoms with van der Waals surface area (Å²) < 4.78 is 0. The Morgan fingerprint density at radius 1 is 1.40 bits per heavy atom. The van der Waals surface area contributed by atoms with Gasteiger partial charge in [-0.2, -0.15) is 0 Å². The molecule has 5 heteroatoms. The van der Waals surface area contributed by atoms with E-state index in [0.717, 1.165) is 40.8 Å². The first-order valence-electron chi connectivity index (χ1n) is 6.75. The Bertz CT molecular complexity index is 650. The summed E-state index contributed by atoms with van der Waals surface area (Å²) in [4.78, 5) is 19.8. The molecule has 0 saturated heterocycles. The van der Waals surface area contributed by atoms with Crippen molar-refractivity contribution in [1.29, 1.82) is 0 Å². The average Bonchev–Trinajstić information content (AvgIpc) is 2.87. The van der Waals surface area contributed by atoms with Gasteiger partial charge in [-0.1, -0.05) is 29.5 Å². The molecule has 2 aromatic rings. The fraction of sp³-hybridized carbons (Fsp3) is 0.333. The number of aryl methyl sites for hydroxylation is 2. The Morgan fingerprint density at radius 2 is 2.20 bits per heavy atom. The van der Waals surface area contributed by atoms with Crippen LogP contribution in [-0.4, -0.2) is 24.5 Å². The molecule has 3 rings (SSSR count). The lowest BCUT2D eigenvalue weighted by atomic mass is 10.0. The van der Waals surface area contributed by atoms with Gasteiger partial charge < -0.3 is 10.2 Å². The predicted octanol–water partition coefficient (Wildman–Crippen LogP) is 3.09. The molecule has 0 unspecified atom stereocenters. The van der Waals surface area contributed by atoms with Gasteiger partial charge in [0.1, 0.15) is 4.88 Å². The predicted molar refractivity (Wildman–Crippen MR) is 82.8 cm³/mol. The summed E-state index contributed by atoms with van der Waals surface area (Å²) in [5.41, 5.74) is 3.10. The molecule has 0 aliphatic carbocycles. The molecule has 0 spiro atoms. The number of hydrogen-bond donors (Lipinski definition) is 1. The number of thiazole rings is 1. The van der Waals surface area contributed by atoms with Gasteiger partial charge in [0, 0.05) is 19.3 Å². The van der Waals surface area contributed by atoms with Gasteiger partial charge in [-0.25, -0.2) is 4.98 Å². The molecule has 104 valence electrons. The van der Waals surface area contributed by atoms with Crippen molar-refractivity contribution < 1.29 is 4.79 Å². The molecule has 1 aromatic carbocycles. The minimum Gasteiger partial charge on any atom is -0.365 e. The van der Waals surface area contributed by atoms with Gasteiger partial charge in [-0.05, 0) is 31.4 Å². The van der Waals surface area contributed by atoms with Crippen molar-refractivity contribution in [2.24, 2.45) is 0 Å². The molecular formula is C15H17N3OS. The Morgan fingerprint density at radius 3 is 2.95 bits per heavy atom. The SMILES string of the molecule is CNc1nc(C)c(C(=O)N2CCCc3ccccc32)s1. The zero-order valence-corrected chi connectivity index (χ0v) is 12.5. The quantitative estimate of drug-likeness (QED) is 0.923. The van der Waals surface area contributed by atoms with Crippen molar-refractivity contribution in [1.82, 2.24) is 4.98 Å². The van der Waals surface area contributed by atoms with E-state index < -0.39 is 0 Å². The maximum absolute atomic E-state index is 12.8. The number of nitrogens with zero attached hydrogens (tertiary/aromatic N) is 2. The van der Waals surface area contributed by atoms with Crippen LogP contribution in [0.1, 0.15) is 27.3 Å². The largest absolute Gasteiger partial charge is 0.365 e. The molecule has 0 bridgehead atoms. The normalized spacial score (nSPS) is 14.0. The zero-order valence-electron chi connectivity index (χ0n) is 11.6. The van der Waals surface area contributed by atoms with Gasteiger partial charge in [0.15, 0.2) is 5.13 Å². The Kier molecular flexibility index (Phi) is 3.44. The fourth-order valence-corrected chi connectivity index (χ4v) is 3.44. The minimum absolute atomic E-state index is 0.0636. The highest BCUT2D eigenvalue weighted by Gasteiger charge is 2.26. The van der Waals surface area contributed by atoms with E-state index in [-0.39, 0.29) is 5.91 Å². The molecule has 1 N–H and O–H groups in total. The topological polar surface area (TPSA) is 45.2 Å². The van der Waals surface area contributed by atoms with Crippen molar-refractivity contribution in [3.05, 3.63) is 40.4 Å². The molecule has 1 aliphatic rings. The number of para-hydroxylation sites is 1. The maximum atomic E-state index is 12.8. The minimum atomic E-state index is 0.0636. The van der Waals surface area contributed by atoms with Crippen LogP contribution in [0.3, 0.4) is 0 Å². The highest BCUT2D eigenvalue weighted by molar-refractivity contribution is 7.17. The smallest absolute Gasteiger partial charge is 0.270 e. The van der Waals surface area contributed by atoms with Crippen LogP contribution in [0.25, 0.3) is 0 Å². The molecule has 4 nitrogen and oxygen atoms in total. The van der Waals surface area contributed by atoms with Crippen LogP contribution in [0.5, 0.6) is 0 Å². The number of rotatable bonds is 2. The number of carbonyl (C=O) groups excluding carboxylic acids is 1. The molecule has 20 heavy (non-hydrogen) atoms. The monoisotopic (exact) mass is 287 g/mol. The van der Waals surface area contributed by atoms with Crippen LogP contribution in [0.15, 0.2) is 24.3 Å². The Labute approximate surface area is 122 Å². The van der Waals surface area contributed by atoms with E-state index in [9.17, 15) is 4.79 Å². The third kappa shape index (κ3) is 2.18. The third-order valence-electron chi connectivity index (χ3n) is 3.56. The summed E-state index contributed by atoms with van der Waals surface area (Å²) >= 11 is 1.42. The van der Waals surface area contributed by atoms with Crippen molar-refractivity contribution in [2.75, 3.05) is 23.8 Å². The van der Waals surface area contributed by atoms with Crippen molar-refractivity contribution in [3.63, 3.8) is 0 Å². The lowest BCUT2D eigenvalue weighted by Crippen LogP contribution is -2.35. The molecule has 0 radical (unpaired) electrons. The lowest BCUT2D eigenvalue weighted by Gasteiger charge is -2.29. The first-order valence-corrected chi connectivity index (χ1v) is 7.57. The zero-order chi connectivity index (χ0) is 14.1. The second-order valence-corrected chi connectivity index (χ2v) is 5.87. The third-order valence-corrected chi connectivity index (χ3v) is 4.72. The highest BCUT2D eigenvalue weighted by Crippen LogP contribution is 2.31. The molecule has 1 amide bonds. The van der Waals surface area contributed by atoms with Crippen molar-refractivity contribution in [2.45, 2.75) is 19.8 Å². The van der Waals surface area contributed by atoms with Gasteiger partial charge in [0.25, 0.3) is 5.91 Å². The number of amides is 1. The number of anilines is 2. The summed E-state index contributed by atoms with van der Waals surface area (Å²) in [5.74, 6) is 0.0636. The van der Waals surface area contributed by atoms with Gasteiger partial charge >= 0.3 is 0 Å². The highest BCUT2D eigenvalue weighted by atomic mass is 32.1. The fourth-order valence-electron chi connectivity index (χ4n) is 2.57. The summed E-state index contributed by atoms with van der Waals surface area (Å²) in [6.07, 6.45) is 2.06. The van der Waals surface area contributed by atoms with E-state index >= 15 is 0 Å². The Hall–Kier alpha value is -1.88. The Balaban J connectivity index is 1.97. The van der Waals surface area contributed by atoms with Gasteiger partial charge in [0.2, 0.25) is 0 Å². The summed E-state index contributed by atoms with van der Waals surface area (Å²) in [7, 11) is 1.82. The number of benzene rings is 1. The molecule has 0 fully saturated rings. The van der Waals surface area contributed by atoms with E-state index in [1.54, 1.807) is 0 Å². The van der Waals surface area contributed by atoms with Crippen molar-refractivity contribution >= 4 is 28.1 Å². The number of aromatic nitrogens is 1. The molecule has 2 heterocycles. The second kappa shape index (κ2) is 5.25. The van der Waals surface area contributed by atoms with E-state index in [1.807, 2.05) is 37.1 Å². The first kappa shape index (κ1) is 13.1. The summed E-state index contributed by atoms with van der Waals surface area (Å²) in [5, 5.41) is 3.79. The summed E-state index contributed by atoms with van der Waals surface area (Å²) in [6, 6.07) is 8.15. The van der Waals surface area contributed by atoms with Crippen LogP contribution in [0.2, 0.25) is 0 Å². The van der Waals surface area contributed by atoms with E-state index in [0.29, 0.717) is 0 Å². The van der Waals surface area contributed by atoms with Gasteiger partial charge in [-0.3, -0.25) is 4.79 Å². The standard InChI is InChI=1S/C15H17N3OS/c1-10-13(20-15(16-2)17-10)14(19)18-9-5-7-11-6-3-4-8-12(11)18/h3-4,6,8H,5,7,9H2,1-2H3,(H,16,17). The number of fused-ring (bicyclic) bond motifs is 1. The van der Waals surface area contributed by atoms with Crippen LogP contribution >= 0.6 is 11.3 Å². The second-order valence-electron chi connectivity index (χ2n) is 4.87. The van der Waals surface area contributed by atoms with E-state index in [2.05, 4.69) is 16.4 Å². The van der Waals surface area contributed by atoms with Crippen LogP contribution in [-0.2, 0) is 6.42 Å². The van der Waals surface area contributed by atoms with E-state index in [1.165, 1.54) is 16.9 Å². The first-order chi connectivity index (χ1) is 9.70. The average molecular weight is 287 g/mol. The number of nitrogens with one attached hydrogen (secondary N) is 1. The number of carbonyl (C=O) groups is 1. The van der Waals surface area contributed by atoms with Crippen LogP contribution < -0.4 is 10.2 Å². The summed E-state index contributed by atoms with van der Waals surface area (Å²) in [6.45, 7) is 2.67. The molecule has 0 saturated carbocycles. The lowest BCUT2D eigenvalue weighted by molar-refractivity contribution is 0.0988. The molecular weight excluding hydrogens is 270 g/mol. The maximum Gasteiger partial charge on any atom is 0.270 e. The van der Waals surface area contributed by atoms with Crippen LogP contribution in [0, 0.1) is 6.92 Å². The van der Waals surface area contributed by atoms with Gasteiger partial charge in [0.05, 0.1) is 5.69 Å². The molecule has 1 aromatic heterocycles. The van der Waals surface area contributed by atoms with Gasteiger partial charge in [-0.15, -0.1) is 0 Å².